The molecule has 6 heteroatoms. The molecule has 1 amide bonds. The van der Waals surface area contributed by atoms with E-state index in [-0.39, 0.29) is 0 Å². The second-order valence-electron chi connectivity index (χ2n) is 4.95. The fourth-order valence-corrected chi connectivity index (χ4v) is 1.91. The molecule has 18 heavy (non-hydrogen) atoms. The fourth-order valence-electron chi connectivity index (χ4n) is 1.77. The lowest BCUT2D eigenvalue weighted by Crippen LogP contribution is -2.49. The van der Waals surface area contributed by atoms with Crippen LogP contribution in [-0.4, -0.2) is 21.2 Å². The summed E-state index contributed by atoms with van der Waals surface area (Å²) in [4.78, 5) is 11.0. The molecule has 0 aliphatic heterocycles. The van der Waals surface area contributed by atoms with Gasteiger partial charge in [-0.05, 0) is 40.0 Å². The topological polar surface area (TPSA) is 86.9 Å². The van der Waals surface area contributed by atoms with Crippen LogP contribution in [0.2, 0.25) is 5.02 Å². The summed E-state index contributed by atoms with van der Waals surface area (Å²) in [5.74, 6) is -0.461. The highest BCUT2D eigenvalue weighted by atomic mass is 35.5. The Morgan fingerprint density at radius 2 is 2.06 bits per heavy atom. The minimum atomic E-state index is -0.924. The number of carbonyl (C=O) groups is 1. The van der Waals surface area contributed by atoms with Gasteiger partial charge in [0.2, 0.25) is 5.91 Å². The first-order valence-corrected chi connectivity index (χ1v) is 6.42. The van der Waals surface area contributed by atoms with Gasteiger partial charge in [-0.1, -0.05) is 11.6 Å². The number of primary amides is 1. The molecule has 1 atom stereocenters. The van der Waals surface area contributed by atoms with Gasteiger partial charge in [-0.15, -0.1) is 0 Å². The fraction of sp³-hybridized carbons (Fsp3) is 0.667. The highest BCUT2D eigenvalue weighted by Crippen LogP contribution is 2.19. The van der Waals surface area contributed by atoms with Crippen LogP contribution in [0.3, 0.4) is 0 Å². The standard InChI is InChI=1S/C12H21ClN4O/c1-8-10(13)9(2)17(16-8)7-5-4-6-12(3,15)11(14)18/h4-7,15H2,1-3H3,(H2,14,18). The number of carbonyl (C=O) groups excluding carboxylic acids is 1. The number of hydrogen-bond donors (Lipinski definition) is 2. The molecule has 1 aromatic rings. The van der Waals surface area contributed by atoms with Crippen LogP contribution < -0.4 is 11.5 Å². The maximum absolute atomic E-state index is 11.0. The SMILES string of the molecule is Cc1nn(CCCCC(C)(N)C(N)=O)c(C)c1Cl. The summed E-state index contributed by atoms with van der Waals surface area (Å²) in [5, 5.41) is 5.06. The number of amides is 1. The Labute approximate surface area is 112 Å². The highest BCUT2D eigenvalue weighted by Gasteiger charge is 2.24. The molecule has 1 heterocycles. The lowest BCUT2D eigenvalue weighted by molar-refractivity contribution is -0.122. The molecule has 0 fully saturated rings. The van der Waals surface area contributed by atoms with E-state index in [1.807, 2.05) is 18.5 Å². The van der Waals surface area contributed by atoms with Gasteiger partial charge in [-0.25, -0.2) is 0 Å². The third-order valence-electron chi connectivity index (χ3n) is 3.17. The van der Waals surface area contributed by atoms with Gasteiger partial charge in [0.25, 0.3) is 0 Å². The van der Waals surface area contributed by atoms with Gasteiger partial charge < -0.3 is 11.5 Å². The first kappa shape index (κ1) is 15.0. The van der Waals surface area contributed by atoms with E-state index in [0.29, 0.717) is 6.42 Å². The monoisotopic (exact) mass is 272 g/mol. The third-order valence-corrected chi connectivity index (χ3v) is 3.72. The third kappa shape index (κ3) is 3.46. The molecule has 0 aromatic carbocycles. The average Bonchev–Trinajstić information content (AvgIpc) is 2.52. The molecule has 1 unspecified atom stereocenters. The lowest BCUT2D eigenvalue weighted by atomic mass is 9.95. The van der Waals surface area contributed by atoms with Gasteiger partial charge in [-0.3, -0.25) is 9.48 Å². The van der Waals surface area contributed by atoms with Gasteiger partial charge in [-0.2, -0.15) is 5.10 Å². The summed E-state index contributed by atoms with van der Waals surface area (Å²) in [6, 6.07) is 0. The zero-order valence-electron chi connectivity index (χ0n) is 11.2. The number of unbranched alkanes of at least 4 members (excludes halogenated alkanes) is 1. The Kier molecular flexibility index (Phi) is 4.76. The van der Waals surface area contributed by atoms with Crippen molar-refractivity contribution in [3.8, 4) is 0 Å². The normalized spacial score (nSPS) is 14.5. The summed E-state index contributed by atoms with van der Waals surface area (Å²) in [6.07, 6.45) is 2.29. The lowest BCUT2D eigenvalue weighted by Gasteiger charge is -2.19. The number of rotatable bonds is 6. The molecule has 102 valence electrons. The predicted octanol–water partition coefficient (Wildman–Crippen LogP) is 1.53. The van der Waals surface area contributed by atoms with Crippen molar-refractivity contribution in [2.75, 3.05) is 0 Å². The largest absolute Gasteiger partial charge is 0.368 e. The molecular formula is C12H21ClN4O. The summed E-state index contributed by atoms with van der Waals surface area (Å²) in [6.45, 7) is 6.26. The molecule has 0 aliphatic rings. The Morgan fingerprint density at radius 3 is 2.50 bits per heavy atom. The number of aromatic nitrogens is 2. The van der Waals surface area contributed by atoms with Crippen LogP contribution in [0.15, 0.2) is 0 Å². The van der Waals surface area contributed by atoms with Gasteiger partial charge in [0.15, 0.2) is 0 Å². The highest BCUT2D eigenvalue weighted by molar-refractivity contribution is 6.31. The van der Waals surface area contributed by atoms with Crippen molar-refractivity contribution in [2.24, 2.45) is 11.5 Å². The van der Waals surface area contributed by atoms with Crippen molar-refractivity contribution in [2.45, 2.75) is 52.1 Å². The second kappa shape index (κ2) is 5.71. The maximum atomic E-state index is 11.0. The van der Waals surface area contributed by atoms with Crippen LogP contribution in [0.25, 0.3) is 0 Å². The number of aryl methyl sites for hydroxylation is 2. The van der Waals surface area contributed by atoms with Gasteiger partial charge in [0, 0.05) is 6.54 Å². The van der Waals surface area contributed by atoms with E-state index in [2.05, 4.69) is 5.10 Å². The Morgan fingerprint density at radius 1 is 1.44 bits per heavy atom. The summed E-state index contributed by atoms with van der Waals surface area (Å²) in [5.41, 5.74) is 11.9. The number of hydrogen-bond acceptors (Lipinski definition) is 3. The first-order valence-electron chi connectivity index (χ1n) is 6.04. The van der Waals surface area contributed by atoms with Crippen molar-refractivity contribution in [1.82, 2.24) is 9.78 Å². The van der Waals surface area contributed by atoms with Crippen LogP contribution >= 0.6 is 11.6 Å². The molecule has 0 saturated carbocycles. The molecule has 0 saturated heterocycles. The van der Waals surface area contributed by atoms with E-state index in [0.717, 1.165) is 35.8 Å². The summed E-state index contributed by atoms with van der Waals surface area (Å²) < 4.78 is 1.88. The molecule has 0 aliphatic carbocycles. The van der Waals surface area contributed by atoms with Crippen molar-refractivity contribution in [3.63, 3.8) is 0 Å². The summed E-state index contributed by atoms with van der Waals surface area (Å²) >= 11 is 6.06. The predicted molar refractivity (Wildman–Crippen MR) is 72.3 cm³/mol. The average molecular weight is 273 g/mol. The molecule has 0 spiro atoms. The molecule has 1 aromatic heterocycles. The molecule has 0 bridgehead atoms. The molecule has 1 rings (SSSR count). The smallest absolute Gasteiger partial charge is 0.237 e. The van der Waals surface area contributed by atoms with Crippen LogP contribution in [0.4, 0.5) is 0 Å². The Hall–Kier alpha value is -1.07. The molecular weight excluding hydrogens is 252 g/mol. The van der Waals surface area contributed by atoms with Crippen molar-refractivity contribution >= 4 is 17.5 Å². The van der Waals surface area contributed by atoms with Gasteiger partial charge in [0.1, 0.15) is 0 Å². The van der Waals surface area contributed by atoms with Crippen LogP contribution in [0, 0.1) is 13.8 Å². The van der Waals surface area contributed by atoms with Crippen molar-refractivity contribution < 1.29 is 4.79 Å². The van der Waals surface area contributed by atoms with Crippen LogP contribution in [0.5, 0.6) is 0 Å². The van der Waals surface area contributed by atoms with E-state index >= 15 is 0 Å². The zero-order chi connectivity index (χ0) is 13.9. The van der Waals surface area contributed by atoms with Crippen LogP contribution in [-0.2, 0) is 11.3 Å². The number of nitrogens with two attached hydrogens (primary N) is 2. The minimum absolute atomic E-state index is 0.461. The Balaban J connectivity index is 2.43. The van der Waals surface area contributed by atoms with E-state index in [9.17, 15) is 4.79 Å². The molecule has 5 nitrogen and oxygen atoms in total. The van der Waals surface area contributed by atoms with Gasteiger partial charge in [0.05, 0.1) is 21.9 Å². The van der Waals surface area contributed by atoms with E-state index in [1.165, 1.54) is 0 Å². The van der Waals surface area contributed by atoms with Crippen molar-refractivity contribution in [1.29, 1.82) is 0 Å². The second-order valence-corrected chi connectivity index (χ2v) is 5.32. The molecule has 0 radical (unpaired) electrons. The quantitative estimate of drug-likeness (QED) is 0.770. The maximum Gasteiger partial charge on any atom is 0.237 e. The zero-order valence-corrected chi connectivity index (χ0v) is 11.9. The van der Waals surface area contributed by atoms with Gasteiger partial charge >= 0.3 is 0 Å². The van der Waals surface area contributed by atoms with E-state index in [4.69, 9.17) is 23.1 Å². The Bertz CT molecular complexity index is 440. The van der Waals surface area contributed by atoms with Crippen molar-refractivity contribution in [3.05, 3.63) is 16.4 Å². The first-order chi connectivity index (χ1) is 8.25. The molecule has 4 N–H and O–H groups in total. The van der Waals surface area contributed by atoms with E-state index in [1.54, 1.807) is 6.92 Å². The van der Waals surface area contributed by atoms with E-state index < -0.39 is 11.4 Å². The van der Waals surface area contributed by atoms with Crippen LogP contribution in [0.1, 0.15) is 37.6 Å². The summed E-state index contributed by atoms with van der Waals surface area (Å²) in [7, 11) is 0. The minimum Gasteiger partial charge on any atom is -0.368 e. The number of halogens is 1. The number of nitrogens with zero attached hydrogens (tertiary/aromatic N) is 2.